The Morgan fingerprint density at radius 2 is 1.17 bits per heavy atom. The van der Waals surface area contributed by atoms with E-state index in [2.05, 4.69) is 133 Å². The van der Waals surface area contributed by atoms with Gasteiger partial charge in [0.25, 0.3) is 0 Å². The Morgan fingerprint density at radius 1 is 0.722 bits per heavy atom. The highest BCUT2D eigenvalue weighted by Gasteiger charge is 2.21. The average molecular weight is 484 g/mol. The molecule has 36 heavy (non-hydrogen) atoms. The fourth-order valence-corrected chi connectivity index (χ4v) is 4.29. The maximum absolute atomic E-state index is 9.22. The van der Waals surface area contributed by atoms with Crippen LogP contribution >= 0.6 is 0 Å². The molecule has 0 spiro atoms. The van der Waals surface area contributed by atoms with Crippen molar-refractivity contribution in [2.45, 2.75) is 85.1 Å². The van der Waals surface area contributed by atoms with Crippen molar-refractivity contribution in [2.24, 2.45) is 0 Å². The zero-order valence-electron chi connectivity index (χ0n) is 23.8. The maximum atomic E-state index is 9.22. The first-order valence-corrected chi connectivity index (χ1v) is 13.2. The van der Waals surface area contributed by atoms with Crippen LogP contribution in [-0.2, 0) is 17.4 Å². The van der Waals surface area contributed by atoms with Crippen LogP contribution in [0.15, 0.2) is 72.8 Å². The summed E-state index contributed by atoms with van der Waals surface area (Å²) in [5.41, 5.74) is 7.40. The number of benzene rings is 3. The molecule has 3 aromatic carbocycles. The molecule has 0 saturated carbocycles. The summed E-state index contributed by atoms with van der Waals surface area (Å²) in [7, 11) is 1.99. The standard InChI is InChI=1S/C33H45N3/c1-10-24(2)26-13-19-29(20-14-26)35(9)31(34)36(30-21-17-28(18-22-30)33(6,7)8)23-25-11-15-27(16-12-25)32(3,4)5/h11-22,24,34H,10,23H2,1-9H3. The fourth-order valence-electron chi connectivity index (χ4n) is 4.29. The molecule has 0 aliphatic rings. The van der Waals surface area contributed by atoms with E-state index in [4.69, 9.17) is 0 Å². The summed E-state index contributed by atoms with van der Waals surface area (Å²) >= 11 is 0. The summed E-state index contributed by atoms with van der Waals surface area (Å²) in [5.74, 6) is 0.993. The van der Waals surface area contributed by atoms with Gasteiger partial charge in [-0.05, 0) is 69.7 Å². The third kappa shape index (κ3) is 6.57. The summed E-state index contributed by atoms with van der Waals surface area (Å²) in [5, 5.41) is 9.22. The normalized spacial score (nSPS) is 12.8. The molecule has 0 aromatic heterocycles. The highest BCUT2D eigenvalue weighted by Crippen LogP contribution is 2.29. The molecule has 1 unspecified atom stereocenters. The molecule has 0 aliphatic carbocycles. The molecule has 0 aliphatic heterocycles. The minimum Gasteiger partial charge on any atom is -0.316 e. The third-order valence-electron chi connectivity index (χ3n) is 7.24. The minimum absolute atomic E-state index is 0.0911. The van der Waals surface area contributed by atoms with Gasteiger partial charge >= 0.3 is 0 Å². The number of nitrogens with one attached hydrogen (secondary N) is 1. The quantitative estimate of drug-likeness (QED) is 0.280. The van der Waals surface area contributed by atoms with Gasteiger partial charge in [-0.1, -0.05) is 104 Å². The van der Waals surface area contributed by atoms with E-state index in [1.54, 1.807) is 0 Å². The Bertz CT molecular complexity index is 1130. The molecule has 3 aromatic rings. The van der Waals surface area contributed by atoms with Gasteiger partial charge in [0.05, 0.1) is 6.54 Å². The lowest BCUT2D eigenvalue weighted by atomic mass is 9.86. The van der Waals surface area contributed by atoms with E-state index in [0.29, 0.717) is 18.4 Å². The molecular weight excluding hydrogens is 438 g/mol. The average Bonchev–Trinajstić information content (AvgIpc) is 2.85. The van der Waals surface area contributed by atoms with Crippen molar-refractivity contribution in [3.8, 4) is 0 Å². The third-order valence-corrected chi connectivity index (χ3v) is 7.24. The van der Waals surface area contributed by atoms with Crippen molar-refractivity contribution in [3.05, 3.63) is 95.1 Å². The second-order valence-electron chi connectivity index (χ2n) is 12.1. The zero-order valence-corrected chi connectivity index (χ0v) is 23.8. The zero-order chi connectivity index (χ0) is 26.7. The lowest BCUT2D eigenvalue weighted by Crippen LogP contribution is -2.41. The van der Waals surface area contributed by atoms with Crippen LogP contribution in [0.4, 0.5) is 11.4 Å². The highest BCUT2D eigenvalue weighted by atomic mass is 15.4. The Kier molecular flexibility index (Phi) is 8.33. The Hall–Kier alpha value is -3.07. The van der Waals surface area contributed by atoms with Gasteiger partial charge in [-0.3, -0.25) is 5.41 Å². The van der Waals surface area contributed by atoms with Crippen molar-refractivity contribution < 1.29 is 0 Å². The molecule has 3 heteroatoms. The minimum atomic E-state index is 0.0911. The van der Waals surface area contributed by atoms with Crippen LogP contribution in [0.2, 0.25) is 0 Å². The first-order chi connectivity index (χ1) is 16.8. The van der Waals surface area contributed by atoms with Crippen LogP contribution < -0.4 is 9.80 Å². The lowest BCUT2D eigenvalue weighted by molar-refractivity contribution is 0.589. The van der Waals surface area contributed by atoms with E-state index in [-0.39, 0.29) is 10.8 Å². The number of guanidine groups is 1. The van der Waals surface area contributed by atoms with E-state index in [1.807, 2.05) is 11.9 Å². The topological polar surface area (TPSA) is 30.3 Å². The van der Waals surface area contributed by atoms with Crippen molar-refractivity contribution in [2.75, 3.05) is 16.8 Å². The van der Waals surface area contributed by atoms with Crippen LogP contribution in [0.5, 0.6) is 0 Å². The van der Waals surface area contributed by atoms with E-state index in [9.17, 15) is 5.41 Å². The van der Waals surface area contributed by atoms with Crippen LogP contribution in [0.25, 0.3) is 0 Å². The predicted molar refractivity (Wildman–Crippen MR) is 158 cm³/mol. The second-order valence-corrected chi connectivity index (χ2v) is 12.1. The molecular formula is C33H45N3. The summed E-state index contributed by atoms with van der Waals surface area (Å²) < 4.78 is 0. The van der Waals surface area contributed by atoms with Crippen molar-refractivity contribution >= 4 is 17.3 Å². The molecule has 0 saturated heterocycles. The van der Waals surface area contributed by atoms with Gasteiger partial charge in [-0.15, -0.1) is 0 Å². The first kappa shape index (κ1) is 27.5. The number of rotatable bonds is 6. The van der Waals surface area contributed by atoms with Crippen molar-refractivity contribution in [3.63, 3.8) is 0 Å². The Morgan fingerprint density at radius 3 is 1.61 bits per heavy atom. The Balaban J connectivity index is 1.93. The smallest absolute Gasteiger partial charge is 0.202 e. The molecule has 0 amide bonds. The molecule has 3 rings (SSSR count). The molecule has 3 nitrogen and oxygen atoms in total. The predicted octanol–water partition coefficient (Wildman–Crippen LogP) is 8.87. The molecule has 0 heterocycles. The number of nitrogens with zero attached hydrogens (tertiary/aromatic N) is 2. The largest absolute Gasteiger partial charge is 0.316 e. The van der Waals surface area contributed by atoms with Gasteiger partial charge in [0.15, 0.2) is 0 Å². The van der Waals surface area contributed by atoms with Gasteiger partial charge in [0, 0.05) is 18.4 Å². The Labute approximate surface area is 219 Å². The van der Waals surface area contributed by atoms with E-state index in [0.717, 1.165) is 17.8 Å². The van der Waals surface area contributed by atoms with Crippen molar-refractivity contribution in [1.82, 2.24) is 0 Å². The fraction of sp³-hybridized carbons (Fsp3) is 0.424. The van der Waals surface area contributed by atoms with Gasteiger partial charge in [0.2, 0.25) is 5.96 Å². The maximum Gasteiger partial charge on any atom is 0.202 e. The van der Waals surface area contributed by atoms with Gasteiger partial charge < -0.3 is 9.80 Å². The van der Waals surface area contributed by atoms with Crippen LogP contribution in [0, 0.1) is 5.41 Å². The molecule has 0 fully saturated rings. The summed E-state index contributed by atoms with van der Waals surface area (Å²) in [6.07, 6.45) is 1.12. The van der Waals surface area contributed by atoms with Crippen molar-refractivity contribution in [1.29, 1.82) is 5.41 Å². The van der Waals surface area contributed by atoms with Crippen LogP contribution in [0.1, 0.15) is 90.0 Å². The SMILES string of the molecule is CCC(C)c1ccc(N(C)C(=N)N(Cc2ccc(C(C)(C)C)cc2)c2ccc(C(C)(C)C)cc2)cc1. The molecule has 0 bridgehead atoms. The number of hydrogen-bond acceptors (Lipinski definition) is 1. The van der Waals surface area contributed by atoms with Gasteiger partial charge in [-0.2, -0.15) is 0 Å². The highest BCUT2D eigenvalue weighted by molar-refractivity contribution is 6.04. The van der Waals surface area contributed by atoms with E-state index in [1.165, 1.54) is 22.3 Å². The molecule has 192 valence electrons. The first-order valence-electron chi connectivity index (χ1n) is 13.2. The lowest BCUT2D eigenvalue weighted by Gasteiger charge is -2.32. The molecule has 1 N–H and O–H groups in total. The van der Waals surface area contributed by atoms with Gasteiger partial charge in [-0.25, -0.2) is 0 Å². The van der Waals surface area contributed by atoms with Gasteiger partial charge in [0.1, 0.15) is 0 Å². The number of hydrogen-bond donors (Lipinski definition) is 1. The summed E-state index contributed by atoms with van der Waals surface area (Å²) in [6.45, 7) is 18.5. The van der Waals surface area contributed by atoms with Crippen LogP contribution in [0.3, 0.4) is 0 Å². The number of anilines is 2. The molecule has 0 radical (unpaired) electrons. The monoisotopic (exact) mass is 483 g/mol. The summed E-state index contributed by atoms with van der Waals surface area (Å²) in [6, 6.07) is 26.2. The summed E-state index contributed by atoms with van der Waals surface area (Å²) in [4.78, 5) is 4.07. The second kappa shape index (κ2) is 10.9. The van der Waals surface area contributed by atoms with Crippen LogP contribution in [-0.4, -0.2) is 13.0 Å². The molecule has 1 atom stereocenters. The van der Waals surface area contributed by atoms with E-state index < -0.39 is 0 Å². The van der Waals surface area contributed by atoms with E-state index >= 15 is 0 Å².